The fourth-order valence-corrected chi connectivity index (χ4v) is 5.08. The highest BCUT2D eigenvalue weighted by molar-refractivity contribution is 6.31. The summed E-state index contributed by atoms with van der Waals surface area (Å²) in [6.07, 6.45) is 4.90. The second kappa shape index (κ2) is 6.99. The zero-order valence-electron chi connectivity index (χ0n) is 16.1. The third-order valence-corrected chi connectivity index (χ3v) is 6.55. The van der Waals surface area contributed by atoms with Gasteiger partial charge in [0.1, 0.15) is 24.3 Å². The van der Waals surface area contributed by atoms with Crippen molar-refractivity contribution in [1.82, 2.24) is 9.88 Å². The monoisotopic (exact) mass is 422 g/mol. The molecular weight excluding hydrogens is 404 g/mol. The quantitative estimate of drug-likeness (QED) is 0.700. The molecule has 0 atom stereocenters. The summed E-state index contributed by atoms with van der Waals surface area (Å²) in [5.41, 5.74) is 1.18. The first-order valence-corrected chi connectivity index (χ1v) is 10.3. The smallest absolute Gasteiger partial charge is 0.331 e. The molecule has 2 aromatic rings. The molecular formula is C22H19ClN4O3. The first kappa shape index (κ1) is 18.9. The number of benzene rings is 1. The second-order valence-electron chi connectivity index (χ2n) is 8.29. The molecule has 1 saturated heterocycles. The zero-order chi connectivity index (χ0) is 20.9. The molecule has 2 saturated carbocycles. The fraction of sp³-hybridized carbons (Fsp3) is 0.364. The maximum atomic E-state index is 12.9. The maximum absolute atomic E-state index is 12.9. The average Bonchev–Trinajstić information content (AvgIpc) is 2.97. The minimum atomic E-state index is -0.276. The van der Waals surface area contributed by atoms with E-state index in [0.29, 0.717) is 22.2 Å². The van der Waals surface area contributed by atoms with Crippen molar-refractivity contribution in [1.29, 1.82) is 5.26 Å². The van der Waals surface area contributed by atoms with Crippen LogP contribution in [-0.4, -0.2) is 40.5 Å². The van der Waals surface area contributed by atoms with Crippen molar-refractivity contribution in [2.75, 3.05) is 11.4 Å². The Balaban J connectivity index is 1.19. The highest BCUT2D eigenvalue weighted by atomic mass is 35.5. The Hall–Kier alpha value is -3.11. The highest BCUT2D eigenvalue weighted by Gasteiger charge is 2.58. The van der Waals surface area contributed by atoms with Crippen LogP contribution < -0.4 is 9.64 Å². The van der Waals surface area contributed by atoms with E-state index in [9.17, 15) is 9.59 Å². The van der Waals surface area contributed by atoms with Crippen LogP contribution in [0, 0.1) is 16.7 Å². The molecule has 152 valence electrons. The van der Waals surface area contributed by atoms with Gasteiger partial charge in [-0.2, -0.15) is 5.26 Å². The van der Waals surface area contributed by atoms with E-state index in [1.165, 1.54) is 9.80 Å². The van der Waals surface area contributed by atoms with Gasteiger partial charge in [-0.25, -0.2) is 9.78 Å². The molecule has 5 rings (SSSR count). The Morgan fingerprint density at radius 1 is 1.17 bits per heavy atom. The van der Waals surface area contributed by atoms with E-state index in [1.54, 1.807) is 42.6 Å². The Kier molecular flexibility index (Phi) is 4.40. The van der Waals surface area contributed by atoms with Crippen LogP contribution in [0.4, 0.5) is 10.5 Å². The molecule has 30 heavy (non-hydrogen) atoms. The summed E-state index contributed by atoms with van der Waals surface area (Å²) < 4.78 is 5.89. The fourth-order valence-electron chi connectivity index (χ4n) is 4.89. The van der Waals surface area contributed by atoms with Crippen molar-refractivity contribution in [3.8, 4) is 11.9 Å². The van der Waals surface area contributed by atoms with Gasteiger partial charge in [-0.1, -0.05) is 17.7 Å². The van der Waals surface area contributed by atoms with Gasteiger partial charge in [0.25, 0.3) is 5.91 Å². The summed E-state index contributed by atoms with van der Waals surface area (Å²) in [4.78, 5) is 32.5. The van der Waals surface area contributed by atoms with Gasteiger partial charge in [0.05, 0.1) is 0 Å². The summed E-state index contributed by atoms with van der Waals surface area (Å²) in [5.74, 6) is 0.205. The Morgan fingerprint density at radius 3 is 2.70 bits per heavy atom. The van der Waals surface area contributed by atoms with Crippen LogP contribution in [0.15, 0.2) is 42.6 Å². The van der Waals surface area contributed by atoms with Crippen LogP contribution in [0.3, 0.4) is 0 Å². The molecule has 0 unspecified atom stereocenters. The van der Waals surface area contributed by atoms with E-state index in [2.05, 4.69) is 11.1 Å². The van der Waals surface area contributed by atoms with Gasteiger partial charge in [-0.3, -0.25) is 14.6 Å². The van der Waals surface area contributed by atoms with Crippen molar-refractivity contribution < 1.29 is 14.3 Å². The molecule has 0 radical (unpaired) electrons. The summed E-state index contributed by atoms with van der Waals surface area (Å²) in [5, 5.41) is 9.69. The summed E-state index contributed by atoms with van der Waals surface area (Å²) >= 11 is 6.03. The molecule has 3 fully saturated rings. The number of halogens is 1. The Labute approximate surface area is 178 Å². The number of hydrogen-bond acceptors (Lipinski definition) is 5. The molecule has 3 amide bonds. The number of aromatic nitrogens is 1. The molecule has 2 aliphatic carbocycles. The SMILES string of the molecule is N#Cc1cccnc1OC1CC2(C1)CC(N1C(=O)CN(c3cccc(Cl)c3)C1=O)C2. The van der Waals surface area contributed by atoms with E-state index >= 15 is 0 Å². The lowest BCUT2D eigenvalue weighted by molar-refractivity contribution is -0.138. The van der Waals surface area contributed by atoms with Crippen molar-refractivity contribution in [2.45, 2.75) is 37.8 Å². The summed E-state index contributed by atoms with van der Waals surface area (Å²) in [7, 11) is 0. The average molecular weight is 423 g/mol. The molecule has 7 nitrogen and oxygen atoms in total. The number of carbonyl (C=O) groups is 2. The molecule has 1 aromatic carbocycles. The number of imide groups is 1. The van der Waals surface area contributed by atoms with Gasteiger partial charge in [-0.05, 0) is 61.4 Å². The van der Waals surface area contributed by atoms with E-state index in [-0.39, 0.29) is 36.0 Å². The first-order valence-electron chi connectivity index (χ1n) is 9.89. The van der Waals surface area contributed by atoms with Crippen LogP contribution in [0.25, 0.3) is 0 Å². The predicted molar refractivity (Wildman–Crippen MR) is 109 cm³/mol. The number of anilines is 1. The van der Waals surface area contributed by atoms with Crippen LogP contribution in [0.2, 0.25) is 5.02 Å². The van der Waals surface area contributed by atoms with Crippen LogP contribution in [0.5, 0.6) is 5.88 Å². The van der Waals surface area contributed by atoms with Crippen LogP contribution in [-0.2, 0) is 4.79 Å². The molecule has 1 aliphatic heterocycles. The van der Waals surface area contributed by atoms with Gasteiger partial charge >= 0.3 is 6.03 Å². The first-order chi connectivity index (χ1) is 14.5. The van der Waals surface area contributed by atoms with E-state index < -0.39 is 0 Å². The molecule has 1 spiro atoms. The number of amides is 3. The molecule has 2 heterocycles. The molecule has 0 N–H and O–H groups in total. The van der Waals surface area contributed by atoms with E-state index in [1.807, 2.05) is 0 Å². The van der Waals surface area contributed by atoms with Gasteiger partial charge in [0, 0.05) is 22.9 Å². The van der Waals surface area contributed by atoms with Gasteiger partial charge in [0.15, 0.2) is 0 Å². The zero-order valence-corrected chi connectivity index (χ0v) is 16.9. The molecule has 1 aromatic heterocycles. The third kappa shape index (κ3) is 3.08. The van der Waals surface area contributed by atoms with E-state index in [4.69, 9.17) is 21.6 Å². The number of nitriles is 1. The molecule has 0 bridgehead atoms. The van der Waals surface area contributed by atoms with Gasteiger partial charge in [-0.15, -0.1) is 0 Å². The number of pyridine rings is 1. The lowest BCUT2D eigenvalue weighted by atomic mass is 9.52. The second-order valence-corrected chi connectivity index (χ2v) is 8.73. The van der Waals surface area contributed by atoms with Crippen LogP contribution >= 0.6 is 11.6 Å². The normalized spacial score (nSPS) is 27.6. The largest absolute Gasteiger partial charge is 0.473 e. The number of carbonyl (C=O) groups excluding carboxylic acids is 2. The highest BCUT2D eigenvalue weighted by Crippen LogP contribution is 2.58. The standard InChI is InChI=1S/C22H19ClN4O3/c23-15-4-1-5-16(7-15)26-13-19(28)27(21(26)29)17-8-22(9-17)10-18(11-22)30-20-14(12-24)3-2-6-25-20/h1-7,17-18H,8-11,13H2. The molecule has 8 heteroatoms. The minimum absolute atomic E-state index is 0.0147. The predicted octanol–water partition coefficient (Wildman–Crippen LogP) is 3.77. The van der Waals surface area contributed by atoms with Crippen molar-refractivity contribution in [3.05, 3.63) is 53.2 Å². The van der Waals surface area contributed by atoms with Crippen LogP contribution in [0.1, 0.15) is 31.2 Å². The van der Waals surface area contributed by atoms with Crippen molar-refractivity contribution in [3.63, 3.8) is 0 Å². The van der Waals surface area contributed by atoms with E-state index in [0.717, 1.165) is 25.7 Å². The number of ether oxygens (including phenoxy) is 1. The Bertz CT molecular complexity index is 1070. The number of hydrogen-bond donors (Lipinski definition) is 0. The number of rotatable bonds is 4. The third-order valence-electron chi connectivity index (χ3n) is 6.31. The lowest BCUT2D eigenvalue weighted by Crippen LogP contribution is -2.60. The number of urea groups is 1. The lowest BCUT2D eigenvalue weighted by Gasteiger charge is -2.58. The minimum Gasteiger partial charge on any atom is -0.473 e. The summed E-state index contributed by atoms with van der Waals surface area (Å²) in [6, 6.07) is 12.1. The van der Waals surface area contributed by atoms with Gasteiger partial charge in [0.2, 0.25) is 5.88 Å². The summed E-state index contributed by atoms with van der Waals surface area (Å²) in [6.45, 7) is 0.0467. The van der Waals surface area contributed by atoms with Crippen molar-refractivity contribution >= 4 is 29.2 Å². The molecule has 3 aliphatic rings. The number of nitrogens with zero attached hydrogens (tertiary/aromatic N) is 4. The topological polar surface area (TPSA) is 86.5 Å². The van der Waals surface area contributed by atoms with Crippen molar-refractivity contribution in [2.24, 2.45) is 5.41 Å². The Morgan fingerprint density at radius 2 is 1.97 bits per heavy atom. The van der Waals surface area contributed by atoms with Gasteiger partial charge < -0.3 is 4.74 Å². The maximum Gasteiger partial charge on any atom is 0.331 e.